The van der Waals surface area contributed by atoms with Crippen LogP contribution in [0.2, 0.25) is 0 Å². The minimum atomic E-state index is -3.83. The van der Waals surface area contributed by atoms with Gasteiger partial charge in [-0.3, -0.25) is 4.98 Å². The first-order valence-corrected chi connectivity index (χ1v) is 9.12. The van der Waals surface area contributed by atoms with Crippen LogP contribution < -0.4 is 5.14 Å². The second kappa shape index (κ2) is 5.84. The molecule has 25 heavy (non-hydrogen) atoms. The van der Waals surface area contributed by atoms with Crippen molar-refractivity contribution >= 4 is 21.0 Å². The highest BCUT2D eigenvalue weighted by Crippen LogP contribution is 2.36. The molecule has 0 aliphatic carbocycles. The third kappa shape index (κ3) is 2.82. The number of pyridine rings is 1. The Balaban J connectivity index is 2.03. The van der Waals surface area contributed by atoms with Crippen LogP contribution in [0.3, 0.4) is 0 Å². The summed E-state index contributed by atoms with van der Waals surface area (Å²) in [4.78, 5) is 4.25. The summed E-state index contributed by atoms with van der Waals surface area (Å²) < 4.78 is 29.5. The molecule has 124 valence electrons. The van der Waals surface area contributed by atoms with Gasteiger partial charge in [0.1, 0.15) is 5.58 Å². The zero-order valence-corrected chi connectivity index (χ0v) is 13.9. The van der Waals surface area contributed by atoms with Crippen molar-refractivity contribution in [1.29, 1.82) is 0 Å². The maximum absolute atomic E-state index is 11.9. The molecule has 0 atom stereocenters. The quantitative estimate of drug-likeness (QED) is 0.609. The van der Waals surface area contributed by atoms with Crippen molar-refractivity contribution in [3.63, 3.8) is 0 Å². The molecule has 0 saturated heterocycles. The van der Waals surface area contributed by atoms with Crippen LogP contribution in [0.1, 0.15) is 0 Å². The van der Waals surface area contributed by atoms with E-state index in [4.69, 9.17) is 9.56 Å². The molecule has 0 bridgehead atoms. The molecule has 4 rings (SSSR count). The maximum atomic E-state index is 11.9. The van der Waals surface area contributed by atoms with Gasteiger partial charge in [0.15, 0.2) is 0 Å². The number of aromatic nitrogens is 1. The minimum absolute atomic E-state index is 0.0926. The maximum Gasteiger partial charge on any atom is 0.238 e. The van der Waals surface area contributed by atoms with Gasteiger partial charge in [-0.2, -0.15) is 0 Å². The van der Waals surface area contributed by atoms with Gasteiger partial charge in [-0.25, -0.2) is 13.6 Å². The summed E-state index contributed by atoms with van der Waals surface area (Å²) in [6.07, 6.45) is 5.05. The fourth-order valence-corrected chi connectivity index (χ4v) is 3.69. The molecule has 0 amide bonds. The van der Waals surface area contributed by atoms with Gasteiger partial charge in [-0.1, -0.05) is 24.3 Å². The third-order valence-electron chi connectivity index (χ3n) is 4.03. The highest BCUT2D eigenvalue weighted by molar-refractivity contribution is 7.89. The number of hydrogen-bond acceptors (Lipinski definition) is 4. The molecule has 2 aromatic heterocycles. The average Bonchev–Trinajstić information content (AvgIpc) is 3.09. The number of nitrogens with two attached hydrogens (primary N) is 1. The van der Waals surface area contributed by atoms with Crippen molar-refractivity contribution in [3.05, 3.63) is 73.3 Å². The molecule has 2 N–H and O–H groups in total. The summed E-state index contributed by atoms with van der Waals surface area (Å²) >= 11 is 0. The van der Waals surface area contributed by atoms with E-state index in [1.54, 1.807) is 36.9 Å². The van der Waals surface area contributed by atoms with Crippen molar-refractivity contribution in [2.45, 2.75) is 4.90 Å². The van der Waals surface area contributed by atoms with E-state index in [2.05, 4.69) is 4.98 Å². The molecule has 0 fully saturated rings. The molecule has 5 nitrogen and oxygen atoms in total. The lowest BCUT2D eigenvalue weighted by Gasteiger charge is -2.10. The molecular formula is C19H14N2O3S. The molecule has 0 aliphatic heterocycles. The van der Waals surface area contributed by atoms with Crippen molar-refractivity contribution in [2.24, 2.45) is 5.14 Å². The smallest absolute Gasteiger partial charge is 0.238 e. The monoisotopic (exact) mass is 350 g/mol. The van der Waals surface area contributed by atoms with Crippen LogP contribution in [0.4, 0.5) is 0 Å². The van der Waals surface area contributed by atoms with Crippen molar-refractivity contribution in [1.82, 2.24) is 4.98 Å². The summed E-state index contributed by atoms with van der Waals surface area (Å²) in [5.74, 6) is 0. The van der Waals surface area contributed by atoms with Gasteiger partial charge >= 0.3 is 0 Å². The van der Waals surface area contributed by atoms with Gasteiger partial charge in [-0.05, 0) is 35.9 Å². The lowest BCUT2D eigenvalue weighted by atomic mass is 9.97. The number of fused-ring (bicyclic) bond motifs is 1. The Morgan fingerprint density at radius 2 is 1.76 bits per heavy atom. The zero-order chi connectivity index (χ0) is 17.4. The standard InChI is InChI=1S/C19H14N2O3S/c20-25(22,23)18-6-2-1-5-16(18)15-10-13-7-9-24-19(13)17(11-15)14-4-3-8-21-12-14/h1-12H,(H2,20,22,23). The first-order chi connectivity index (χ1) is 12.0. The fraction of sp³-hybridized carbons (Fsp3) is 0. The topological polar surface area (TPSA) is 86.2 Å². The van der Waals surface area contributed by atoms with E-state index in [0.717, 1.165) is 27.7 Å². The third-order valence-corrected chi connectivity index (χ3v) is 5.00. The Hall–Kier alpha value is -2.96. The molecule has 6 heteroatoms. The van der Waals surface area contributed by atoms with Crippen molar-refractivity contribution in [3.8, 4) is 22.3 Å². The molecule has 0 saturated carbocycles. The van der Waals surface area contributed by atoms with Gasteiger partial charge < -0.3 is 4.42 Å². The van der Waals surface area contributed by atoms with Crippen LogP contribution in [-0.2, 0) is 10.0 Å². The largest absolute Gasteiger partial charge is 0.464 e. The van der Waals surface area contributed by atoms with Crippen molar-refractivity contribution < 1.29 is 12.8 Å². The summed E-state index contributed by atoms with van der Waals surface area (Å²) in [6.45, 7) is 0. The molecule has 0 aliphatic rings. The molecular weight excluding hydrogens is 336 g/mol. The molecule has 4 aromatic rings. The summed E-state index contributed by atoms with van der Waals surface area (Å²) in [5.41, 5.74) is 3.76. The van der Waals surface area contributed by atoms with Crippen LogP contribution >= 0.6 is 0 Å². The van der Waals surface area contributed by atoms with E-state index in [9.17, 15) is 8.42 Å². The Kier molecular flexibility index (Phi) is 3.63. The second-order valence-corrected chi connectivity index (χ2v) is 7.18. The lowest BCUT2D eigenvalue weighted by Crippen LogP contribution is -2.13. The molecule has 0 radical (unpaired) electrons. The van der Waals surface area contributed by atoms with Gasteiger partial charge in [0.05, 0.1) is 11.2 Å². The molecule has 2 heterocycles. The Labute approximate surface area is 144 Å². The molecule has 0 unspecified atom stereocenters. The van der Waals surface area contributed by atoms with E-state index in [1.807, 2.05) is 30.3 Å². The predicted octanol–water partition coefficient (Wildman–Crippen LogP) is 3.81. The van der Waals surface area contributed by atoms with Gasteiger partial charge in [0.25, 0.3) is 0 Å². The summed E-state index contributed by atoms with van der Waals surface area (Å²) in [7, 11) is -3.83. The number of sulfonamides is 1. The van der Waals surface area contributed by atoms with Gasteiger partial charge in [-0.15, -0.1) is 0 Å². The SMILES string of the molecule is NS(=O)(=O)c1ccccc1-c1cc(-c2cccnc2)c2occc2c1. The van der Waals surface area contributed by atoms with Crippen LogP contribution in [0, 0.1) is 0 Å². The van der Waals surface area contributed by atoms with Crippen LogP contribution in [0.5, 0.6) is 0 Å². The average molecular weight is 350 g/mol. The number of nitrogens with zero attached hydrogens (tertiary/aromatic N) is 1. The number of rotatable bonds is 3. The highest BCUT2D eigenvalue weighted by Gasteiger charge is 2.17. The lowest BCUT2D eigenvalue weighted by molar-refractivity contribution is 0.598. The van der Waals surface area contributed by atoms with E-state index < -0.39 is 10.0 Å². The fourth-order valence-electron chi connectivity index (χ4n) is 2.93. The number of hydrogen-bond donors (Lipinski definition) is 1. The van der Waals surface area contributed by atoms with E-state index in [-0.39, 0.29) is 4.90 Å². The normalized spacial score (nSPS) is 11.7. The van der Waals surface area contributed by atoms with E-state index in [1.165, 1.54) is 6.07 Å². The minimum Gasteiger partial charge on any atom is -0.464 e. The van der Waals surface area contributed by atoms with E-state index >= 15 is 0 Å². The second-order valence-electron chi connectivity index (χ2n) is 5.65. The summed E-state index contributed by atoms with van der Waals surface area (Å²) in [5, 5.41) is 6.26. The predicted molar refractivity (Wildman–Crippen MR) is 96.3 cm³/mol. The highest BCUT2D eigenvalue weighted by atomic mass is 32.2. The Morgan fingerprint density at radius 1 is 0.920 bits per heavy atom. The van der Waals surface area contributed by atoms with Gasteiger partial charge in [0, 0.05) is 34.5 Å². The number of benzene rings is 2. The Bertz CT molecular complexity index is 1170. The van der Waals surface area contributed by atoms with Crippen molar-refractivity contribution in [2.75, 3.05) is 0 Å². The molecule has 2 aromatic carbocycles. The molecule has 0 spiro atoms. The van der Waals surface area contributed by atoms with E-state index in [0.29, 0.717) is 5.56 Å². The zero-order valence-electron chi connectivity index (χ0n) is 13.1. The number of primary sulfonamides is 1. The van der Waals surface area contributed by atoms with Gasteiger partial charge in [0.2, 0.25) is 10.0 Å². The Morgan fingerprint density at radius 3 is 2.52 bits per heavy atom. The first kappa shape index (κ1) is 15.6. The first-order valence-electron chi connectivity index (χ1n) is 7.58. The number of furan rings is 1. The summed E-state index contributed by atoms with van der Waals surface area (Å²) in [6, 6.07) is 16.1. The van der Waals surface area contributed by atoms with Crippen LogP contribution in [0.25, 0.3) is 33.2 Å². The van der Waals surface area contributed by atoms with Crippen LogP contribution in [0.15, 0.2) is 82.6 Å². The van der Waals surface area contributed by atoms with Crippen LogP contribution in [-0.4, -0.2) is 13.4 Å².